The van der Waals surface area contributed by atoms with Crippen molar-refractivity contribution in [3.8, 4) is 17.6 Å². The quantitative estimate of drug-likeness (QED) is 0.173. The molecule has 8 nitrogen and oxygen atoms in total. The molecule has 0 saturated carbocycles. The van der Waals surface area contributed by atoms with Crippen LogP contribution in [-0.4, -0.2) is 22.6 Å². The monoisotopic (exact) mass is 478 g/mol. The lowest BCUT2D eigenvalue weighted by molar-refractivity contribution is -0.384. The maximum absolute atomic E-state index is 11.1. The summed E-state index contributed by atoms with van der Waals surface area (Å²) in [5.41, 5.74) is 2.10. The summed E-state index contributed by atoms with van der Waals surface area (Å²) in [6.45, 7) is 2.17. The minimum Gasteiger partial charge on any atom is -0.490 e. The zero-order valence-electron chi connectivity index (χ0n) is 18.0. The highest BCUT2D eigenvalue weighted by Gasteiger charge is 2.14. The summed E-state index contributed by atoms with van der Waals surface area (Å²) in [6.07, 6.45) is 1.61. The van der Waals surface area contributed by atoms with Gasteiger partial charge in [-0.05, 0) is 54.0 Å². The summed E-state index contributed by atoms with van der Waals surface area (Å²) >= 11 is 6.46. The molecule has 3 aromatic carbocycles. The van der Waals surface area contributed by atoms with Crippen LogP contribution >= 0.6 is 11.6 Å². The number of rotatable bonds is 9. The van der Waals surface area contributed by atoms with Gasteiger partial charge in [0.25, 0.3) is 5.69 Å². The van der Waals surface area contributed by atoms with Crippen LogP contribution in [0.25, 0.3) is 11.6 Å². The predicted molar refractivity (Wildman–Crippen MR) is 127 cm³/mol. The number of carbonyl (C=O) groups is 1. The molecule has 0 radical (unpaired) electrons. The second-order valence-corrected chi connectivity index (χ2v) is 7.44. The number of hydrogen-bond acceptors (Lipinski definition) is 6. The van der Waals surface area contributed by atoms with Crippen molar-refractivity contribution < 1.29 is 24.3 Å². The average Bonchev–Trinajstić information content (AvgIpc) is 2.82. The van der Waals surface area contributed by atoms with Crippen molar-refractivity contribution in [2.75, 3.05) is 6.61 Å². The van der Waals surface area contributed by atoms with Gasteiger partial charge in [-0.1, -0.05) is 35.9 Å². The molecule has 0 heterocycles. The van der Waals surface area contributed by atoms with Crippen LogP contribution in [0.5, 0.6) is 11.5 Å². The standard InChI is InChI=1S/C25H19ClN2O6/c1-2-33-23-13-17(10-20(14-27)18-6-8-19(9-7-18)25(29)30)12-22(26)24(23)34-15-16-4-3-5-21(11-16)28(31)32/h3-13H,2,15H2,1H3,(H,29,30). The van der Waals surface area contributed by atoms with Crippen molar-refractivity contribution in [1.82, 2.24) is 0 Å². The highest BCUT2D eigenvalue weighted by molar-refractivity contribution is 6.32. The van der Waals surface area contributed by atoms with Crippen LogP contribution < -0.4 is 9.47 Å². The molecule has 0 aliphatic carbocycles. The van der Waals surface area contributed by atoms with Gasteiger partial charge in [-0.15, -0.1) is 0 Å². The zero-order valence-corrected chi connectivity index (χ0v) is 18.8. The van der Waals surface area contributed by atoms with Crippen LogP contribution in [0, 0.1) is 21.4 Å². The predicted octanol–water partition coefficient (Wildman–Crippen LogP) is 5.99. The largest absolute Gasteiger partial charge is 0.490 e. The van der Waals surface area contributed by atoms with Crippen molar-refractivity contribution in [1.29, 1.82) is 5.26 Å². The Hall–Kier alpha value is -4.35. The van der Waals surface area contributed by atoms with Crippen molar-refractivity contribution in [2.24, 2.45) is 0 Å². The van der Waals surface area contributed by atoms with E-state index in [9.17, 15) is 20.2 Å². The number of allylic oxidation sites excluding steroid dienone is 1. The summed E-state index contributed by atoms with van der Waals surface area (Å²) < 4.78 is 11.5. The number of ether oxygens (including phenoxy) is 2. The number of benzene rings is 3. The van der Waals surface area contributed by atoms with Crippen molar-refractivity contribution in [3.63, 3.8) is 0 Å². The first-order valence-corrected chi connectivity index (χ1v) is 10.5. The number of non-ortho nitro benzene ring substituents is 1. The number of hydrogen-bond donors (Lipinski definition) is 1. The Morgan fingerprint density at radius 2 is 1.85 bits per heavy atom. The molecule has 9 heteroatoms. The Bertz CT molecular complexity index is 1300. The molecule has 0 bridgehead atoms. The molecule has 3 aromatic rings. The van der Waals surface area contributed by atoms with Crippen molar-refractivity contribution in [3.05, 3.63) is 98.1 Å². The van der Waals surface area contributed by atoms with E-state index in [4.69, 9.17) is 26.2 Å². The topological polar surface area (TPSA) is 123 Å². The number of nitrogens with zero attached hydrogens (tertiary/aromatic N) is 2. The van der Waals surface area contributed by atoms with Crippen molar-refractivity contribution in [2.45, 2.75) is 13.5 Å². The number of carboxylic acid groups (broad SMARTS) is 1. The molecule has 0 aromatic heterocycles. The molecule has 172 valence electrons. The lowest BCUT2D eigenvalue weighted by Gasteiger charge is -2.15. The highest BCUT2D eigenvalue weighted by Crippen LogP contribution is 2.38. The molecule has 1 N–H and O–H groups in total. The first-order chi connectivity index (χ1) is 16.3. The maximum atomic E-state index is 11.1. The summed E-state index contributed by atoms with van der Waals surface area (Å²) in [4.78, 5) is 21.6. The smallest absolute Gasteiger partial charge is 0.335 e. The first-order valence-electron chi connectivity index (χ1n) is 10.1. The summed E-state index contributed by atoms with van der Waals surface area (Å²) in [5, 5.41) is 29.9. The molecule has 3 rings (SSSR count). The number of halogens is 1. The number of carboxylic acids is 1. The summed E-state index contributed by atoms with van der Waals surface area (Å²) in [7, 11) is 0. The molecular formula is C25H19ClN2O6. The van der Waals surface area contributed by atoms with E-state index in [-0.39, 0.29) is 28.6 Å². The van der Waals surface area contributed by atoms with Crippen LogP contribution in [0.4, 0.5) is 5.69 Å². The van der Waals surface area contributed by atoms with E-state index in [1.54, 1.807) is 49.4 Å². The van der Waals surface area contributed by atoms with Gasteiger partial charge < -0.3 is 14.6 Å². The summed E-state index contributed by atoms with van der Waals surface area (Å²) in [5.74, 6) is -0.426. The third-order valence-corrected chi connectivity index (χ3v) is 4.99. The van der Waals surface area contributed by atoms with E-state index < -0.39 is 10.9 Å². The molecule has 0 unspecified atom stereocenters. The van der Waals surface area contributed by atoms with Crippen LogP contribution in [0.15, 0.2) is 60.7 Å². The maximum Gasteiger partial charge on any atom is 0.335 e. The molecule has 0 atom stereocenters. The molecular weight excluding hydrogens is 460 g/mol. The van der Waals surface area contributed by atoms with E-state index in [0.29, 0.717) is 34.6 Å². The fraction of sp³-hybridized carbons (Fsp3) is 0.120. The van der Waals surface area contributed by atoms with Gasteiger partial charge in [0.1, 0.15) is 6.61 Å². The molecule has 0 saturated heterocycles. The fourth-order valence-corrected chi connectivity index (χ4v) is 3.40. The zero-order chi connectivity index (χ0) is 24.7. The Labute approximate surface area is 200 Å². The van der Waals surface area contributed by atoms with E-state index in [2.05, 4.69) is 6.07 Å². The second-order valence-electron chi connectivity index (χ2n) is 7.03. The molecule has 0 amide bonds. The Balaban J connectivity index is 1.90. The van der Waals surface area contributed by atoms with Gasteiger partial charge in [-0.2, -0.15) is 5.26 Å². The Morgan fingerprint density at radius 3 is 2.47 bits per heavy atom. The van der Waals surface area contributed by atoms with Gasteiger partial charge in [0.05, 0.1) is 33.8 Å². The van der Waals surface area contributed by atoms with Gasteiger partial charge in [0.15, 0.2) is 11.5 Å². The summed E-state index contributed by atoms with van der Waals surface area (Å²) in [6, 6.07) is 17.4. The van der Waals surface area contributed by atoms with Gasteiger partial charge in [-0.25, -0.2) is 4.79 Å². The van der Waals surface area contributed by atoms with Gasteiger partial charge in [0.2, 0.25) is 0 Å². The lowest BCUT2D eigenvalue weighted by Crippen LogP contribution is -2.01. The third kappa shape index (κ3) is 5.91. The van der Waals surface area contributed by atoms with Crippen LogP contribution in [0.2, 0.25) is 5.02 Å². The normalized spacial score (nSPS) is 10.9. The van der Waals surface area contributed by atoms with E-state index in [0.717, 1.165) is 0 Å². The Kier molecular flexibility index (Phi) is 7.85. The molecule has 0 fully saturated rings. The number of nitro groups is 1. The lowest BCUT2D eigenvalue weighted by atomic mass is 10.0. The van der Waals surface area contributed by atoms with E-state index in [1.165, 1.54) is 24.3 Å². The number of nitriles is 1. The van der Waals surface area contributed by atoms with Gasteiger partial charge in [-0.3, -0.25) is 10.1 Å². The molecule has 0 aliphatic heterocycles. The van der Waals surface area contributed by atoms with Crippen LogP contribution in [0.1, 0.15) is 34.0 Å². The minimum atomic E-state index is -1.05. The minimum absolute atomic E-state index is 0.0377. The van der Waals surface area contributed by atoms with Gasteiger partial charge in [0, 0.05) is 12.1 Å². The third-order valence-electron chi connectivity index (χ3n) is 4.71. The fourth-order valence-electron chi connectivity index (χ4n) is 3.13. The Morgan fingerprint density at radius 1 is 1.15 bits per heavy atom. The average molecular weight is 479 g/mol. The molecule has 0 aliphatic rings. The molecule has 0 spiro atoms. The number of nitro benzene ring substituents is 1. The van der Waals surface area contributed by atoms with Crippen LogP contribution in [0.3, 0.4) is 0 Å². The van der Waals surface area contributed by atoms with E-state index >= 15 is 0 Å². The molecule has 34 heavy (non-hydrogen) atoms. The number of aromatic carboxylic acids is 1. The van der Waals surface area contributed by atoms with Crippen molar-refractivity contribution >= 4 is 34.9 Å². The second kappa shape index (κ2) is 11.0. The van der Waals surface area contributed by atoms with Gasteiger partial charge >= 0.3 is 5.97 Å². The SMILES string of the molecule is CCOc1cc(C=C(C#N)c2ccc(C(=O)O)cc2)cc(Cl)c1OCc1cccc([N+](=O)[O-])c1. The first kappa shape index (κ1) is 24.3. The van der Waals surface area contributed by atoms with Crippen LogP contribution in [-0.2, 0) is 6.61 Å². The highest BCUT2D eigenvalue weighted by atomic mass is 35.5. The van der Waals surface area contributed by atoms with E-state index in [1.807, 2.05) is 0 Å².